The van der Waals surface area contributed by atoms with Crippen molar-refractivity contribution in [3.63, 3.8) is 0 Å². The molecule has 0 saturated heterocycles. The van der Waals surface area contributed by atoms with Crippen molar-refractivity contribution >= 4 is 23.4 Å². The van der Waals surface area contributed by atoms with E-state index in [1.54, 1.807) is 12.1 Å². The summed E-state index contributed by atoms with van der Waals surface area (Å²) in [6.45, 7) is 6.36. The molecule has 0 amide bonds. The Morgan fingerprint density at radius 3 is 2.68 bits per heavy atom. The molecule has 104 valence electrons. The number of nitrogens with one attached hydrogen (secondary N) is 1. The Hall–Kier alpha value is -1.52. The third-order valence-electron chi connectivity index (χ3n) is 2.88. The first-order valence-electron chi connectivity index (χ1n) is 5.97. The summed E-state index contributed by atoms with van der Waals surface area (Å²) in [4.78, 5) is 11.4. The van der Waals surface area contributed by atoms with Crippen molar-refractivity contribution in [1.29, 1.82) is 0 Å². The molecule has 0 aliphatic heterocycles. The van der Waals surface area contributed by atoms with E-state index in [0.717, 1.165) is 10.9 Å². The Balaban J connectivity index is 0.00000180. The Morgan fingerprint density at radius 1 is 1.37 bits per heavy atom. The molecular formula is C14H18ClNO3. The van der Waals surface area contributed by atoms with Crippen LogP contribution in [0.15, 0.2) is 27.4 Å². The zero-order valence-electron chi connectivity index (χ0n) is 11.2. The first-order valence-corrected chi connectivity index (χ1v) is 5.97. The Kier molecular flexibility index (Phi) is 4.97. The number of benzene rings is 1. The van der Waals surface area contributed by atoms with Crippen molar-refractivity contribution < 1.29 is 9.52 Å². The summed E-state index contributed by atoms with van der Waals surface area (Å²) in [5.74, 6) is 0.143. The van der Waals surface area contributed by atoms with E-state index in [4.69, 9.17) is 4.42 Å². The predicted molar refractivity (Wildman–Crippen MR) is 78.1 cm³/mol. The van der Waals surface area contributed by atoms with E-state index in [2.05, 4.69) is 5.32 Å². The number of aromatic hydroxyl groups is 1. The maximum absolute atomic E-state index is 11.4. The van der Waals surface area contributed by atoms with Crippen LogP contribution >= 0.6 is 12.4 Å². The van der Waals surface area contributed by atoms with Crippen molar-refractivity contribution in [2.45, 2.75) is 33.4 Å². The zero-order valence-corrected chi connectivity index (χ0v) is 12.0. The average Bonchev–Trinajstić information content (AvgIpc) is 2.26. The van der Waals surface area contributed by atoms with Crippen molar-refractivity contribution in [2.75, 3.05) is 0 Å². The number of fused-ring (bicyclic) bond motifs is 1. The van der Waals surface area contributed by atoms with Gasteiger partial charge in [0.15, 0.2) is 0 Å². The number of halogens is 1. The summed E-state index contributed by atoms with van der Waals surface area (Å²) in [7, 11) is 0. The molecule has 0 bridgehead atoms. The molecule has 5 heteroatoms. The van der Waals surface area contributed by atoms with Crippen LogP contribution in [0.25, 0.3) is 11.0 Å². The van der Waals surface area contributed by atoms with Gasteiger partial charge in [-0.25, -0.2) is 4.79 Å². The maximum Gasteiger partial charge on any atom is 0.336 e. The van der Waals surface area contributed by atoms with Crippen LogP contribution < -0.4 is 10.9 Å². The Labute approximate surface area is 117 Å². The molecular weight excluding hydrogens is 266 g/mol. The standard InChI is InChI=1S/C14H17NO3.ClH/c1-8(2)15-7-11-12(16)5-4-10-9(3)6-13(17)18-14(10)11;/h4-6,8,15-16H,7H2,1-3H3;1H. The zero-order chi connectivity index (χ0) is 13.3. The van der Waals surface area contributed by atoms with Gasteiger partial charge in [0.05, 0.1) is 5.56 Å². The van der Waals surface area contributed by atoms with Gasteiger partial charge >= 0.3 is 5.63 Å². The van der Waals surface area contributed by atoms with Gasteiger partial charge in [0.25, 0.3) is 0 Å². The normalized spacial score (nSPS) is 10.7. The van der Waals surface area contributed by atoms with Gasteiger partial charge in [0.2, 0.25) is 0 Å². The molecule has 0 aliphatic rings. The minimum absolute atomic E-state index is 0. The number of hydrogen-bond acceptors (Lipinski definition) is 4. The van der Waals surface area contributed by atoms with Gasteiger partial charge in [-0.1, -0.05) is 13.8 Å². The van der Waals surface area contributed by atoms with Gasteiger partial charge in [-0.15, -0.1) is 12.4 Å². The Bertz CT molecular complexity index is 634. The molecule has 0 radical (unpaired) electrons. The third kappa shape index (κ3) is 3.28. The SMILES string of the molecule is Cc1cc(=O)oc2c(CNC(C)C)c(O)ccc12.Cl. The molecule has 1 aromatic heterocycles. The van der Waals surface area contributed by atoms with E-state index in [0.29, 0.717) is 17.7 Å². The largest absolute Gasteiger partial charge is 0.507 e. The van der Waals surface area contributed by atoms with Gasteiger partial charge < -0.3 is 14.8 Å². The van der Waals surface area contributed by atoms with Crippen LogP contribution in [-0.4, -0.2) is 11.1 Å². The number of phenolic OH excluding ortho intramolecular Hbond substituents is 1. The van der Waals surface area contributed by atoms with Crippen molar-refractivity contribution in [3.05, 3.63) is 39.7 Å². The van der Waals surface area contributed by atoms with Crippen LogP contribution in [0.5, 0.6) is 5.75 Å². The smallest absolute Gasteiger partial charge is 0.336 e. The third-order valence-corrected chi connectivity index (χ3v) is 2.88. The summed E-state index contributed by atoms with van der Waals surface area (Å²) >= 11 is 0. The second-order valence-electron chi connectivity index (χ2n) is 4.72. The molecule has 1 heterocycles. The van der Waals surface area contributed by atoms with Crippen LogP contribution in [0.3, 0.4) is 0 Å². The molecule has 2 aromatic rings. The van der Waals surface area contributed by atoms with Crippen LogP contribution in [0.4, 0.5) is 0 Å². The van der Waals surface area contributed by atoms with Crippen LogP contribution in [-0.2, 0) is 6.54 Å². The summed E-state index contributed by atoms with van der Waals surface area (Å²) in [5, 5.41) is 14.0. The van der Waals surface area contributed by atoms with Gasteiger partial charge in [-0.05, 0) is 24.6 Å². The van der Waals surface area contributed by atoms with E-state index in [1.165, 1.54) is 6.07 Å². The molecule has 0 atom stereocenters. The fraction of sp³-hybridized carbons (Fsp3) is 0.357. The van der Waals surface area contributed by atoms with Gasteiger partial charge in [0, 0.05) is 24.0 Å². The number of aryl methyl sites for hydroxylation is 1. The summed E-state index contributed by atoms with van der Waals surface area (Å²) in [5.41, 5.74) is 1.55. The fourth-order valence-corrected chi connectivity index (χ4v) is 1.91. The van der Waals surface area contributed by atoms with E-state index in [1.807, 2.05) is 20.8 Å². The van der Waals surface area contributed by atoms with Gasteiger partial charge in [0.1, 0.15) is 11.3 Å². The van der Waals surface area contributed by atoms with Crippen molar-refractivity contribution in [2.24, 2.45) is 0 Å². The van der Waals surface area contributed by atoms with E-state index >= 15 is 0 Å². The molecule has 1 aromatic carbocycles. The average molecular weight is 284 g/mol. The molecule has 0 unspecified atom stereocenters. The quantitative estimate of drug-likeness (QED) is 0.850. The lowest BCUT2D eigenvalue weighted by molar-refractivity contribution is 0.457. The van der Waals surface area contributed by atoms with E-state index in [-0.39, 0.29) is 24.2 Å². The second-order valence-corrected chi connectivity index (χ2v) is 4.72. The predicted octanol–water partition coefficient (Wildman–Crippen LogP) is 2.73. The first-order chi connectivity index (χ1) is 8.49. The van der Waals surface area contributed by atoms with Crippen molar-refractivity contribution in [3.8, 4) is 5.75 Å². The highest BCUT2D eigenvalue weighted by molar-refractivity contribution is 5.85. The molecule has 0 saturated carbocycles. The molecule has 2 rings (SSSR count). The minimum Gasteiger partial charge on any atom is -0.507 e. The van der Waals surface area contributed by atoms with Crippen LogP contribution in [0.2, 0.25) is 0 Å². The van der Waals surface area contributed by atoms with Gasteiger partial charge in [-0.3, -0.25) is 0 Å². The topological polar surface area (TPSA) is 62.5 Å². The number of rotatable bonds is 3. The fourth-order valence-electron chi connectivity index (χ4n) is 1.91. The van der Waals surface area contributed by atoms with Crippen LogP contribution in [0.1, 0.15) is 25.0 Å². The summed E-state index contributed by atoms with van der Waals surface area (Å²) < 4.78 is 5.23. The lowest BCUT2D eigenvalue weighted by Gasteiger charge is -2.12. The highest BCUT2D eigenvalue weighted by atomic mass is 35.5. The highest BCUT2D eigenvalue weighted by Crippen LogP contribution is 2.27. The lowest BCUT2D eigenvalue weighted by Crippen LogP contribution is -2.22. The minimum atomic E-state index is -0.392. The van der Waals surface area contributed by atoms with Crippen LogP contribution in [0, 0.1) is 6.92 Å². The summed E-state index contributed by atoms with van der Waals surface area (Å²) in [6, 6.07) is 5.14. The molecule has 0 spiro atoms. The van der Waals surface area contributed by atoms with Gasteiger partial charge in [-0.2, -0.15) is 0 Å². The molecule has 2 N–H and O–H groups in total. The lowest BCUT2D eigenvalue weighted by atomic mass is 10.1. The maximum atomic E-state index is 11.4. The van der Waals surface area contributed by atoms with Crippen molar-refractivity contribution in [1.82, 2.24) is 5.32 Å². The molecule has 19 heavy (non-hydrogen) atoms. The number of phenols is 1. The summed E-state index contributed by atoms with van der Waals surface area (Å²) in [6.07, 6.45) is 0. The first kappa shape index (κ1) is 15.5. The monoisotopic (exact) mass is 283 g/mol. The number of hydrogen-bond donors (Lipinski definition) is 2. The second kappa shape index (κ2) is 6.08. The molecule has 0 fully saturated rings. The molecule has 0 aliphatic carbocycles. The Morgan fingerprint density at radius 2 is 2.05 bits per heavy atom. The highest BCUT2D eigenvalue weighted by Gasteiger charge is 2.12. The van der Waals surface area contributed by atoms with E-state index in [9.17, 15) is 9.90 Å². The van der Waals surface area contributed by atoms with E-state index < -0.39 is 5.63 Å². The molecule has 4 nitrogen and oxygen atoms in total.